The third-order valence-corrected chi connectivity index (χ3v) is 2.05. The van der Waals surface area contributed by atoms with Crippen LogP contribution < -0.4 is 10.1 Å². The minimum atomic E-state index is -0.436. The van der Waals surface area contributed by atoms with Gasteiger partial charge >= 0.3 is 5.97 Å². The van der Waals surface area contributed by atoms with E-state index < -0.39 is 5.41 Å². The van der Waals surface area contributed by atoms with Crippen LogP contribution in [0.15, 0.2) is 24.3 Å². The smallest absolute Gasteiger partial charge is 0.308 e. The Morgan fingerprint density at radius 1 is 1.12 bits per heavy atom. The molecule has 4 heteroatoms. The van der Waals surface area contributed by atoms with Crippen molar-refractivity contribution in [2.45, 2.75) is 27.7 Å². The maximum Gasteiger partial charge on any atom is 0.308 e. The average Bonchev–Trinajstić information content (AvgIpc) is 2.18. The Kier molecular flexibility index (Phi) is 3.89. The van der Waals surface area contributed by atoms with Crippen molar-refractivity contribution < 1.29 is 14.3 Å². The number of rotatable bonds is 2. The number of amides is 1. The lowest BCUT2D eigenvalue weighted by Crippen LogP contribution is -2.27. The number of hydrogen-bond donors (Lipinski definition) is 1. The maximum atomic E-state index is 11.7. The van der Waals surface area contributed by atoms with Gasteiger partial charge in [0, 0.05) is 18.0 Å². The van der Waals surface area contributed by atoms with Gasteiger partial charge in [0.25, 0.3) is 0 Å². The van der Waals surface area contributed by atoms with Crippen LogP contribution in [0.1, 0.15) is 27.7 Å². The van der Waals surface area contributed by atoms with Gasteiger partial charge in [0.15, 0.2) is 0 Å². The lowest BCUT2D eigenvalue weighted by Gasteiger charge is -2.17. The van der Waals surface area contributed by atoms with E-state index in [4.69, 9.17) is 4.74 Å². The molecule has 0 spiro atoms. The fraction of sp³-hybridized carbons (Fsp3) is 0.385. The molecular formula is C13H17NO3. The van der Waals surface area contributed by atoms with Gasteiger partial charge in [-0.2, -0.15) is 0 Å². The quantitative estimate of drug-likeness (QED) is 0.633. The molecule has 92 valence electrons. The Morgan fingerprint density at radius 3 is 2.06 bits per heavy atom. The van der Waals surface area contributed by atoms with Crippen molar-refractivity contribution in [1.29, 1.82) is 0 Å². The van der Waals surface area contributed by atoms with Gasteiger partial charge in [-0.1, -0.05) is 20.8 Å². The maximum absolute atomic E-state index is 11.7. The molecule has 0 aliphatic carbocycles. The summed E-state index contributed by atoms with van der Waals surface area (Å²) in [5, 5.41) is 2.78. The van der Waals surface area contributed by atoms with Crippen LogP contribution in [0, 0.1) is 5.41 Å². The number of hydrogen-bond acceptors (Lipinski definition) is 3. The molecule has 0 unspecified atom stereocenters. The molecule has 1 N–H and O–H groups in total. The summed E-state index contributed by atoms with van der Waals surface area (Å²) in [6.45, 7) is 6.87. The molecule has 0 atom stereocenters. The van der Waals surface area contributed by atoms with Gasteiger partial charge in [0.2, 0.25) is 5.91 Å². The molecule has 17 heavy (non-hydrogen) atoms. The van der Waals surface area contributed by atoms with Gasteiger partial charge in [-0.05, 0) is 24.3 Å². The number of ether oxygens (including phenoxy) is 1. The highest BCUT2D eigenvalue weighted by Gasteiger charge is 2.20. The van der Waals surface area contributed by atoms with E-state index in [1.807, 2.05) is 20.8 Å². The fourth-order valence-corrected chi connectivity index (χ4v) is 1.09. The summed E-state index contributed by atoms with van der Waals surface area (Å²) in [6, 6.07) is 6.67. The lowest BCUT2D eigenvalue weighted by molar-refractivity contribution is -0.131. The zero-order chi connectivity index (χ0) is 13.1. The molecular weight excluding hydrogens is 218 g/mol. The van der Waals surface area contributed by atoms with Crippen LogP contribution in [0.2, 0.25) is 0 Å². The van der Waals surface area contributed by atoms with E-state index in [2.05, 4.69) is 5.32 Å². The molecule has 1 amide bonds. The number of esters is 1. The molecule has 0 heterocycles. The molecule has 1 aromatic carbocycles. The topological polar surface area (TPSA) is 55.4 Å². The van der Waals surface area contributed by atoms with E-state index in [0.717, 1.165) is 0 Å². The highest BCUT2D eigenvalue weighted by atomic mass is 16.5. The minimum absolute atomic E-state index is 0.0577. The summed E-state index contributed by atoms with van der Waals surface area (Å²) in [6.07, 6.45) is 0. The number of benzene rings is 1. The van der Waals surface area contributed by atoms with Crippen LogP contribution in [0.25, 0.3) is 0 Å². The zero-order valence-electron chi connectivity index (χ0n) is 10.5. The van der Waals surface area contributed by atoms with E-state index in [9.17, 15) is 9.59 Å². The first-order chi connectivity index (χ1) is 7.79. The molecule has 0 fully saturated rings. The van der Waals surface area contributed by atoms with E-state index in [1.54, 1.807) is 24.3 Å². The largest absolute Gasteiger partial charge is 0.427 e. The predicted molar refractivity (Wildman–Crippen MR) is 65.8 cm³/mol. The van der Waals surface area contributed by atoms with Gasteiger partial charge in [-0.25, -0.2) is 0 Å². The van der Waals surface area contributed by atoms with Gasteiger partial charge in [0.05, 0.1) is 0 Å². The normalized spacial score (nSPS) is 10.8. The molecule has 1 rings (SSSR count). The number of anilines is 1. The molecule has 0 aliphatic rings. The first-order valence-corrected chi connectivity index (χ1v) is 5.39. The van der Waals surface area contributed by atoms with E-state index >= 15 is 0 Å². The van der Waals surface area contributed by atoms with Crippen LogP contribution in [0.3, 0.4) is 0 Å². The third-order valence-electron chi connectivity index (χ3n) is 2.05. The Balaban J connectivity index is 2.69. The first kappa shape index (κ1) is 13.2. The van der Waals surface area contributed by atoms with Crippen molar-refractivity contribution >= 4 is 17.6 Å². The van der Waals surface area contributed by atoms with Gasteiger partial charge in [-0.15, -0.1) is 0 Å². The van der Waals surface area contributed by atoms with E-state index in [1.165, 1.54) is 6.92 Å². The zero-order valence-corrected chi connectivity index (χ0v) is 10.5. The number of carbonyl (C=O) groups is 2. The summed E-state index contributed by atoms with van der Waals surface area (Å²) in [7, 11) is 0. The van der Waals surface area contributed by atoms with Crippen molar-refractivity contribution in [3.63, 3.8) is 0 Å². The highest BCUT2D eigenvalue weighted by molar-refractivity contribution is 5.94. The Bertz CT molecular complexity index is 415. The molecule has 1 aromatic rings. The van der Waals surface area contributed by atoms with Crippen molar-refractivity contribution in [3.05, 3.63) is 24.3 Å². The molecule has 0 saturated heterocycles. The number of carbonyl (C=O) groups excluding carboxylic acids is 2. The predicted octanol–water partition coefficient (Wildman–Crippen LogP) is 2.60. The summed E-state index contributed by atoms with van der Waals surface area (Å²) in [4.78, 5) is 22.4. The van der Waals surface area contributed by atoms with Crippen molar-refractivity contribution in [2.24, 2.45) is 5.41 Å². The summed E-state index contributed by atoms with van der Waals surface area (Å²) < 4.78 is 4.89. The Hall–Kier alpha value is -1.84. The van der Waals surface area contributed by atoms with Crippen LogP contribution in [0.5, 0.6) is 5.75 Å². The van der Waals surface area contributed by atoms with Crippen LogP contribution in [0.4, 0.5) is 5.69 Å². The van der Waals surface area contributed by atoms with Crippen LogP contribution in [-0.2, 0) is 9.59 Å². The lowest BCUT2D eigenvalue weighted by atomic mass is 9.95. The van der Waals surface area contributed by atoms with Crippen molar-refractivity contribution in [3.8, 4) is 5.75 Å². The second kappa shape index (κ2) is 4.99. The van der Waals surface area contributed by atoms with Gasteiger partial charge < -0.3 is 10.1 Å². The highest BCUT2D eigenvalue weighted by Crippen LogP contribution is 2.19. The van der Waals surface area contributed by atoms with E-state index in [-0.39, 0.29) is 11.9 Å². The standard InChI is InChI=1S/C13H17NO3/c1-9(15)17-11-7-5-10(6-8-11)14-12(16)13(2,3)4/h5-8H,1-4H3,(H,14,16). The first-order valence-electron chi connectivity index (χ1n) is 5.39. The monoisotopic (exact) mass is 235 g/mol. The van der Waals surface area contributed by atoms with Crippen molar-refractivity contribution in [1.82, 2.24) is 0 Å². The van der Waals surface area contributed by atoms with Crippen LogP contribution >= 0.6 is 0 Å². The second-order valence-corrected chi connectivity index (χ2v) is 4.82. The SMILES string of the molecule is CC(=O)Oc1ccc(NC(=O)C(C)(C)C)cc1. The Labute approximate surface area is 101 Å². The molecule has 0 bridgehead atoms. The number of nitrogens with one attached hydrogen (secondary N) is 1. The molecule has 0 aliphatic heterocycles. The van der Waals surface area contributed by atoms with Crippen molar-refractivity contribution in [2.75, 3.05) is 5.32 Å². The Morgan fingerprint density at radius 2 is 1.65 bits per heavy atom. The fourth-order valence-electron chi connectivity index (χ4n) is 1.09. The summed E-state index contributed by atoms with van der Waals surface area (Å²) in [5.41, 5.74) is 0.245. The van der Waals surface area contributed by atoms with E-state index in [0.29, 0.717) is 11.4 Å². The molecule has 4 nitrogen and oxygen atoms in total. The molecule has 0 saturated carbocycles. The second-order valence-electron chi connectivity index (χ2n) is 4.82. The molecule has 0 radical (unpaired) electrons. The van der Waals surface area contributed by atoms with Crippen LogP contribution in [-0.4, -0.2) is 11.9 Å². The summed E-state index contributed by atoms with van der Waals surface area (Å²) in [5.74, 6) is 0.0421. The minimum Gasteiger partial charge on any atom is -0.427 e. The van der Waals surface area contributed by atoms with Gasteiger partial charge in [0.1, 0.15) is 5.75 Å². The van der Waals surface area contributed by atoms with Gasteiger partial charge in [-0.3, -0.25) is 9.59 Å². The summed E-state index contributed by atoms with van der Waals surface area (Å²) >= 11 is 0. The molecule has 0 aromatic heterocycles. The third kappa shape index (κ3) is 4.26. The average molecular weight is 235 g/mol.